The van der Waals surface area contributed by atoms with Gasteiger partial charge in [0.1, 0.15) is 29.6 Å². The summed E-state index contributed by atoms with van der Waals surface area (Å²) in [7, 11) is 0. The molecule has 1 unspecified atom stereocenters. The van der Waals surface area contributed by atoms with Crippen LogP contribution in [0.15, 0.2) is 65.8 Å². The first-order valence-electron chi connectivity index (χ1n) is 14.2. The van der Waals surface area contributed by atoms with Gasteiger partial charge in [-0.15, -0.1) is 0 Å². The number of hydrogen-bond acceptors (Lipinski definition) is 5. The predicted molar refractivity (Wildman–Crippen MR) is 152 cm³/mol. The van der Waals surface area contributed by atoms with Crippen LogP contribution in [0.1, 0.15) is 60.8 Å². The smallest absolute Gasteiger partial charge is 0.275 e. The number of carbonyl (C=O) groups excluding carboxylic acids is 3. The lowest BCUT2D eigenvalue weighted by Crippen LogP contribution is -2.50. The lowest BCUT2D eigenvalue weighted by molar-refractivity contribution is -0.133. The van der Waals surface area contributed by atoms with Crippen LogP contribution in [0.3, 0.4) is 0 Å². The fraction of sp³-hybridized carbons (Fsp3) is 0.344. The van der Waals surface area contributed by atoms with Gasteiger partial charge in [-0.2, -0.15) is 0 Å². The first-order valence-corrected chi connectivity index (χ1v) is 14.2. The lowest BCUT2D eigenvalue weighted by Gasteiger charge is -2.35. The zero-order valence-electron chi connectivity index (χ0n) is 22.6. The maximum absolute atomic E-state index is 14.7. The minimum Gasteiger partial charge on any atom is -0.325 e. The second-order valence-electron chi connectivity index (χ2n) is 11.5. The maximum atomic E-state index is 14.7. The number of benzene rings is 2. The van der Waals surface area contributed by atoms with Gasteiger partial charge in [0.2, 0.25) is 11.8 Å². The van der Waals surface area contributed by atoms with Crippen LogP contribution >= 0.6 is 0 Å². The molecule has 1 aromatic heterocycles. The summed E-state index contributed by atoms with van der Waals surface area (Å²) < 4.78 is 14.7. The number of amides is 3. The normalized spacial score (nSPS) is 22.4. The zero-order valence-corrected chi connectivity index (χ0v) is 22.6. The first kappa shape index (κ1) is 25.6. The number of aliphatic imine (C=N–C) groups is 1. The molecule has 41 heavy (non-hydrogen) atoms. The minimum absolute atomic E-state index is 0.0557. The molecule has 3 heterocycles. The van der Waals surface area contributed by atoms with Crippen molar-refractivity contribution < 1.29 is 18.8 Å². The third-order valence-corrected chi connectivity index (χ3v) is 9.07. The van der Waals surface area contributed by atoms with Crippen LogP contribution in [0.5, 0.6) is 0 Å². The summed E-state index contributed by atoms with van der Waals surface area (Å²) in [6, 6.07) is 15.7. The molecule has 1 fully saturated rings. The highest BCUT2D eigenvalue weighted by Gasteiger charge is 2.51. The van der Waals surface area contributed by atoms with E-state index < -0.39 is 22.8 Å². The van der Waals surface area contributed by atoms with Gasteiger partial charge < -0.3 is 15.5 Å². The van der Waals surface area contributed by atoms with E-state index in [4.69, 9.17) is 4.99 Å². The van der Waals surface area contributed by atoms with Gasteiger partial charge >= 0.3 is 0 Å². The van der Waals surface area contributed by atoms with E-state index in [9.17, 15) is 18.8 Å². The Bertz CT molecular complexity index is 1630. The van der Waals surface area contributed by atoms with Crippen molar-refractivity contribution >= 4 is 34.9 Å². The number of nitrogens with one attached hydrogen (secondary N) is 2. The molecule has 0 radical (unpaired) electrons. The number of hydrogen-bond donors (Lipinski definition) is 2. The summed E-state index contributed by atoms with van der Waals surface area (Å²) in [5.74, 6) is -0.700. The number of aromatic nitrogens is 1. The van der Waals surface area contributed by atoms with E-state index in [-0.39, 0.29) is 29.6 Å². The summed E-state index contributed by atoms with van der Waals surface area (Å²) in [6.07, 6.45) is 7.89. The molecule has 208 valence electrons. The second kappa shape index (κ2) is 9.61. The molecular weight excluding hydrogens is 521 g/mol. The van der Waals surface area contributed by atoms with Gasteiger partial charge in [0.15, 0.2) is 0 Å². The zero-order chi connectivity index (χ0) is 28.2. The van der Waals surface area contributed by atoms with Crippen LogP contribution in [0.2, 0.25) is 0 Å². The summed E-state index contributed by atoms with van der Waals surface area (Å²) in [5.41, 5.74) is 2.29. The molecule has 1 saturated carbocycles. The highest BCUT2D eigenvalue weighted by molar-refractivity contribution is 6.47. The van der Waals surface area contributed by atoms with Crippen LogP contribution in [-0.4, -0.2) is 45.5 Å². The number of anilines is 2. The first-order chi connectivity index (χ1) is 19.9. The molecular formula is C32H30FN5O3. The third kappa shape index (κ3) is 4.13. The van der Waals surface area contributed by atoms with Crippen molar-refractivity contribution in [3.8, 4) is 0 Å². The second-order valence-corrected chi connectivity index (χ2v) is 11.5. The van der Waals surface area contributed by atoms with Crippen molar-refractivity contribution in [2.24, 2.45) is 4.99 Å². The Balaban J connectivity index is 1.12. The maximum Gasteiger partial charge on any atom is 0.275 e. The average molecular weight is 552 g/mol. The van der Waals surface area contributed by atoms with Gasteiger partial charge in [-0.05, 0) is 80.0 Å². The highest BCUT2D eigenvalue weighted by atomic mass is 19.1. The van der Waals surface area contributed by atoms with Crippen molar-refractivity contribution in [2.45, 2.75) is 62.4 Å². The van der Waals surface area contributed by atoms with Crippen molar-refractivity contribution in [2.75, 3.05) is 17.2 Å². The van der Waals surface area contributed by atoms with E-state index in [0.717, 1.165) is 42.4 Å². The molecule has 0 saturated heterocycles. The molecule has 3 amide bonds. The summed E-state index contributed by atoms with van der Waals surface area (Å²) in [5, 5.41) is 5.88. The van der Waals surface area contributed by atoms with Gasteiger partial charge in [0.05, 0.1) is 5.41 Å². The number of halogens is 1. The molecule has 1 atom stereocenters. The topological polar surface area (TPSA) is 104 Å². The molecule has 2 aromatic carbocycles. The van der Waals surface area contributed by atoms with Gasteiger partial charge in [-0.3, -0.25) is 19.4 Å². The Morgan fingerprint density at radius 3 is 2.56 bits per heavy atom. The van der Waals surface area contributed by atoms with Crippen LogP contribution in [0, 0.1) is 5.82 Å². The van der Waals surface area contributed by atoms with Gasteiger partial charge in [0.25, 0.3) is 5.91 Å². The largest absolute Gasteiger partial charge is 0.325 e. The molecule has 8 nitrogen and oxygen atoms in total. The predicted octanol–water partition coefficient (Wildman–Crippen LogP) is 4.53. The molecule has 2 N–H and O–H groups in total. The fourth-order valence-electron chi connectivity index (χ4n) is 7.05. The number of rotatable bonds is 4. The van der Waals surface area contributed by atoms with Gasteiger partial charge in [-0.25, -0.2) is 9.37 Å². The number of pyridine rings is 1. The number of carbonyl (C=O) groups is 3. The molecule has 7 rings (SSSR count). The van der Waals surface area contributed by atoms with Crippen molar-refractivity contribution in [1.29, 1.82) is 0 Å². The highest BCUT2D eigenvalue weighted by Crippen LogP contribution is 2.47. The van der Waals surface area contributed by atoms with Crippen molar-refractivity contribution in [3.63, 3.8) is 0 Å². The molecule has 3 aromatic rings. The van der Waals surface area contributed by atoms with E-state index in [2.05, 4.69) is 15.6 Å². The molecule has 2 aliphatic heterocycles. The molecule has 0 bridgehead atoms. The minimum atomic E-state index is -0.843. The van der Waals surface area contributed by atoms with Crippen LogP contribution in [-0.2, 0) is 32.6 Å². The summed E-state index contributed by atoms with van der Waals surface area (Å²) in [4.78, 5) is 50.8. The monoisotopic (exact) mass is 551 g/mol. The van der Waals surface area contributed by atoms with Crippen LogP contribution < -0.4 is 10.6 Å². The molecule has 4 aliphatic rings. The van der Waals surface area contributed by atoms with Gasteiger partial charge in [-0.1, -0.05) is 37.1 Å². The molecule has 9 heteroatoms. The number of nitrogens with zero attached hydrogens (tertiary/aromatic N) is 3. The van der Waals surface area contributed by atoms with E-state index in [1.807, 2.05) is 30.3 Å². The summed E-state index contributed by atoms with van der Waals surface area (Å²) >= 11 is 0. The number of fused-ring (bicyclic) bond motifs is 3. The Morgan fingerprint density at radius 2 is 1.76 bits per heavy atom. The lowest BCUT2D eigenvalue weighted by atomic mass is 9.79. The molecule has 2 aliphatic carbocycles. The van der Waals surface area contributed by atoms with E-state index >= 15 is 0 Å². The van der Waals surface area contributed by atoms with Crippen molar-refractivity contribution in [1.82, 2.24) is 9.88 Å². The Morgan fingerprint density at radius 1 is 0.976 bits per heavy atom. The van der Waals surface area contributed by atoms with E-state index in [0.29, 0.717) is 37.2 Å². The SMILES string of the molecule is O=C(CN1C(=O)C(c2ccccc2F)=NC12CCCCCC2)Nc1ccc2c(c1)CC1(C2)C(=O)Nc2ncccc21. The van der Waals surface area contributed by atoms with Gasteiger partial charge in [0, 0.05) is 23.0 Å². The van der Waals surface area contributed by atoms with E-state index in [1.165, 1.54) is 6.07 Å². The van der Waals surface area contributed by atoms with Crippen molar-refractivity contribution in [3.05, 3.63) is 88.9 Å². The Kier molecular flexibility index (Phi) is 5.99. The van der Waals surface area contributed by atoms with Crippen LogP contribution in [0.25, 0.3) is 0 Å². The third-order valence-electron chi connectivity index (χ3n) is 9.07. The van der Waals surface area contributed by atoms with E-state index in [1.54, 1.807) is 29.3 Å². The Labute approximate surface area is 237 Å². The average Bonchev–Trinajstić information content (AvgIpc) is 3.48. The fourth-order valence-corrected chi connectivity index (χ4v) is 7.05. The quantitative estimate of drug-likeness (QED) is 0.497. The summed E-state index contributed by atoms with van der Waals surface area (Å²) in [6.45, 7) is -0.178. The standard InChI is InChI=1S/C32H30FN5O3/c33-25-10-4-3-8-23(25)27-29(40)38(32(37-27)13-5-1-2-6-14-32)19-26(39)35-22-12-11-20-17-31(18-21(20)16-22)24-9-7-15-34-28(24)36-30(31)41/h3-4,7-12,15-16H,1-2,5-6,13-14,17-19H2,(H,35,39)(H,34,36,41). The molecule has 2 spiro atoms. The van der Waals surface area contributed by atoms with Crippen LogP contribution in [0.4, 0.5) is 15.9 Å². The Hall–Kier alpha value is -4.40.